The first kappa shape index (κ1) is 14.8. The summed E-state index contributed by atoms with van der Waals surface area (Å²) >= 11 is 6.02. The Labute approximate surface area is 124 Å². The summed E-state index contributed by atoms with van der Waals surface area (Å²) in [6, 6.07) is 4.65. The number of carboxylic acids is 1. The first-order chi connectivity index (χ1) is 9.95. The van der Waals surface area contributed by atoms with Crippen molar-refractivity contribution in [2.24, 2.45) is 5.73 Å². The number of carboxylic acid groups (broad SMARTS) is 1. The predicted molar refractivity (Wildman–Crippen MR) is 75.0 cm³/mol. The Morgan fingerprint density at radius 2 is 2.19 bits per heavy atom. The number of primary amides is 1. The van der Waals surface area contributed by atoms with E-state index in [1.54, 1.807) is 12.1 Å². The number of nitrogens with one attached hydrogen (secondary N) is 1. The second-order valence-electron chi connectivity index (χ2n) is 4.21. The summed E-state index contributed by atoms with van der Waals surface area (Å²) in [7, 11) is 0. The molecule has 0 aliphatic heterocycles. The molecule has 4 N–H and O–H groups in total. The van der Waals surface area contributed by atoms with Gasteiger partial charge >= 0.3 is 5.97 Å². The normalized spacial score (nSPS) is 10.3. The zero-order valence-corrected chi connectivity index (χ0v) is 11.5. The molecule has 1 aromatic heterocycles. The molecule has 110 valence electrons. The highest BCUT2D eigenvalue weighted by Gasteiger charge is 2.07. The Morgan fingerprint density at radius 3 is 2.81 bits per heavy atom. The van der Waals surface area contributed by atoms with Crippen LogP contribution < -0.4 is 11.1 Å². The Morgan fingerprint density at radius 1 is 1.43 bits per heavy atom. The summed E-state index contributed by atoms with van der Waals surface area (Å²) < 4.78 is 1.22. The third kappa shape index (κ3) is 3.93. The molecule has 0 saturated carbocycles. The lowest BCUT2D eigenvalue weighted by Crippen LogP contribution is -2.11. The van der Waals surface area contributed by atoms with Gasteiger partial charge in [-0.25, -0.2) is 4.68 Å². The van der Waals surface area contributed by atoms with Crippen LogP contribution in [0.5, 0.6) is 0 Å². The van der Waals surface area contributed by atoms with Gasteiger partial charge in [-0.3, -0.25) is 9.59 Å². The van der Waals surface area contributed by atoms with Crippen molar-refractivity contribution in [1.82, 2.24) is 15.0 Å². The first-order valence-electron chi connectivity index (χ1n) is 5.89. The number of carbonyl (C=O) groups excluding carboxylic acids is 1. The van der Waals surface area contributed by atoms with Crippen LogP contribution in [0.15, 0.2) is 24.4 Å². The van der Waals surface area contributed by atoms with Gasteiger partial charge in [0, 0.05) is 5.56 Å². The molecule has 0 aliphatic rings. The number of amides is 1. The number of benzene rings is 1. The van der Waals surface area contributed by atoms with Crippen molar-refractivity contribution in [3.05, 3.63) is 40.7 Å². The van der Waals surface area contributed by atoms with E-state index in [0.717, 1.165) is 0 Å². The van der Waals surface area contributed by atoms with E-state index in [-0.39, 0.29) is 6.54 Å². The monoisotopic (exact) mass is 309 g/mol. The van der Waals surface area contributed by atoms with Crippen LogP contribution in [-0.2, 0) is 17.9 Å². The van der Waals surface area contributed by atoms with Crippen LogP contribution in [0.4, 0.5) is 5.69 Å². The first-order valence-corrected chi connectivity index (χ1v) is 6.27. The minimum atomic E-state index is -0.996. The van der Waals surface area contributed by atoms with Crippen molar-refractivity contribution >= 4 is 29.2 Å². The number of aliphatic carboxylic acids is 1. The van der Waals surface area contributed by atoms with E-state index in [4.69, 9.17) is 22.4 Å². The van der Waals surface area contributed by atoms with Crippen molar-refractivity contribution in [2.45, 2.75) is 13.1 Å². The maximum absolute atomic E-state index is 11.0. The lowest BCUT2D eigenvalue weighted by molar-refractivity contribution is -0.137. The fraction of sp³-hybridized carbons (Fsp3) is 0.167. The molecule has 2 aromatic rings. The number of nitrogens with zero attached hydrogens (tertiary/aromatic N) is 3. The highest BCUT2D eigenvalue weighted by molar-refractivity contribution is 6.33. The Bertz CT molecular complexity index is 685. The van der Waals surface area contributed by atoms with E-state index in [0.29, 0.717) is 28.5 Å². The molecule has 0 aliphatic carbocycles. The van der Waals surface area contributed by atoms with Gasteiger partial charge in [0.05, 0.1) is 23.5 Å². The summed E-state index contributed by atoms with van der Waals surface area (Å²) in [5.41, 5.74) is 6.64. The van der Waals surface area contributed by atoms with Crippen LogP contribution in [0.1, 0.15) is 16.1 Å². The summed E-state index contributed by atoms with van der Waals surface area (Å²) in [4.78, 5) is 21.5. The summed E-state index contributed by atoms with van der Waals surface area (Å²) in [5, 5.41) is 19.5. The second kappa shape index (κ2) is 6.23. The molecular formula is C12H12ClN5O3. The van der Waals surface area contributed by atoms with E-state index >= 15 is 0 Å². The van der Waals surface area contributed by atoms with Gasteiger partial charge in [-0.1, -0.05) is 16.8 Å². The lowest BCUT2D eigenvalue weighted by atomic mass is 10.2. The van der Waals surface area contributed by atoms with Crippen molar-refractivity contribution in [2.75, 3.05) is 5.32 Å². The summed E-state index contributed by atoms with van der Waals surface area (Å²) in [6.07, 6.45) is 1.52. The number of aromatic nitrogens is 3. The number of nitrogens with two attached hydrogens (primary N) is 1. The molecule has 1 amide bonds. The van der Waals surface area contributed by atoms with Crippen molar-refractivity contribution in [3.63, 3.8) is 0 Å². The van der Waals surface area contributed by atoms with Gasteiger partial charge in [0.15, 0.2) is 0 Å². The average molecular weight is 310 g/mol. The maximum atomic E-state index is 11.0. The minimum Gasteiger partial charge on any atom is -0.480 e. The molecule has 0 atom stereocenters. The van der Waals surface area contributed by atoms with E-state index < -0.39 is 11.9 Å². The maximum Gasteiger partial charge on any atom is 0.325 e. The third-order valence-corrected chi connectivity index (χ3v) is 2.91. The van der Waals surface area contributed by atoms with E-state index in [2.05, 4.69) is 15.6 Å². The van der Waals surface area contributed by atoms with Gasteiger partial charge in [-0.05, 0) is 18.2 Å². The van der Waals surface area contributed by atoms with Crippen LogP contribution in [0.3, 0.4) is 0 Å². The molecule has 2 rings (SSSR count). The Hall–Kier alpha value is -2.61. The number of carbonyl (C=O) groups is 2. The van der Waals surface area contributed by atoms with Crippen molar-refractivity contribution < 1.29 is 14.7 Å². The van der Waals surface area contributed by atoms with Crippen LogP contribution in [0, 0.1) is 0 Å². The average Bonchev–Trinajstić information content (AvgIpc) is 2.83. The van der Waals surface area contributed by atoms with Crippen molar-refractivity contribution in [3.8, 4) is 0 Å². The second-order valence-corrected chi connectivity index (χ2v) is 4.62. The molecule has 8 nitrogen and oxygen atoms in total. The predicted octanol–water partition coefficient (Wildman–Crippen LogP) is 0.727. The number of hydrogen-bond donors (Lipinski definition) is 3. The third-order valence-electron chi connectivity index (χ3n) is 2.60. The molecule has 0 unspecified atom stereocenters. The largest absolute Gasteiger partial charge is 0.480 e. The van der Waals surface area contributed by atoms with Gasteiger partial charge in [-0.15, -0.1) is 5.10 Å². The van der Waals surface area contributed by atoms with E-state index in [1.165, 1.54) is 16.9 Å². The minimum absolute atomic E-state index is 0.249. The SMILES string of the molecule is NC(=O)c1ccc(NCc2cn(CC(=O)O)nn2)c(Cl)c1. The fourth-order valence-electron chi connectivity index (χ4n) is 1.63. The molecule has 0 saturated heterocycles. The molecular weight excluding hydrogens is 298 g/mol. The molecule has 1 heterocycles. The Balaban J connectivity index is 2.01. The number of anilines is 1. The van der Waals surface area contributed by atoms with Crippen molar-refractivity contribution in [1.29, 1.82) is 0 Å². The number of hydrogen-bond acceptors (Lipinski definition) is 5. The van der Waals surface area contributed by atoms with Gasteiger partial charge in [0.25, 0.3) is 0 Å². The van der Waals surface area contributed by atoms with Crippen LogP contribution in [0.25, 0.3) is 0 Å². The zero-order valence-electron chi connectivity index (χ0n) is 10.8. The standard InChI is InChI=1S/C12H12ClN5O3/c13-9-3-7(12(14)21)1-2-10(9)15-4-8-5-18(17-16-8)6-11(19)20/h1-3,5,15H,4,6H2,(H2,14,21)(H,19,20). The van der Waals surface area contributed by atoms with E-state index in [1.807, 2.05) is 0 Å². The number of rotatable bonds is 6. The number of halogens is 1. The van der Waals surface area contributed by atoms with Gasteiger partial charge in [0.1, 0.15) is 12.2 Å². The fourth-order valence-corrected chi connectivity index (χ4v) is 1.88. The van der Waals surface area contributed by atoms with Crippen LogP contribution >= 0.6 is 11.6 Å². The van der Waals surface area contributed by atoms with Crippen LogP contribution in [-0.4, -0.2) is 32.0 Å². The van der Waals surface area contributed by atoms with Gasteiger partial charge in [-0.2, -0.15) is 0 Å². The van der Waals surface area contributed by atoms with Gasteiger partial charge in [0.2, 0.25) is 5.91 Å². The topological polar surface area (TPSA) is 123 Å². The smallest absolute Gasteiger partial charge is 0.325 e. The molecule has 1 aromatic carbocycles. The Kier molecular flexibility index (Phi) is 4.39. The van der Waals surface area contributed by atoms with Gasteiger partial charge < -0.3 is 16.2 Å². The highest BCUT2D eigenvalue weighted by atomic mass is 35.5. The molecule has 0 bridgehead atoms. The zero-order chi connectivity index (χ0) is 15.4. The quantitative estimate of drug-likeness (QED) is 0.722. The molecule has 21 heavy (non-hydrogen) atoms. The molecule has 0 radical (unpaired) electrons. The molecule has 0 fully saturated rings. The lowest BCUT2D eigenvalue weighted by Gasteiger charge is -2.07. The summed E-state index contributed by atoms with van der Waals surface area (Å²) in [6.45, 7) is 0.0658. The highest BCUT2D eigenvalue weighted by Crippen LogP contribution is 2.23. The van der Waals surface area contributed by atoms with Crippen LogP contribution in [0.2, 0.25) is 5.02 Å². The van der Waals surface area contributed by atoms with E-state index in [9.17, 15) is 9.59 Å². The molecule has 9 heteroatoms. The molecule has 0 spiro atoms. The summed E-state index contributed by atoms with van der Waals surface area (Å²) in [5.74, 6) is -1.55.